The zero-order valence-corrected chi connectivity index (χ0v) is 10.3. The third kappa shape index (κ3) is 1.59. The molecule has 1 unspecified atom stereocenters. The van der Waals surface area contributed by atoms with Gasteiger partial charge in [-0.05, 0) is 31.5 Å². The molecule has 0 radical (unpaired) electrons. The van der Waals surface area contributed by atoms with Gasteiger partial charge in [-0.15, -0.1) is 0 Å². The summed E-state index contributed by atoms with van der Waals surface area (Å²) in [5, 5.41) is 7.21. The van der Waals surface area contributed by atoms with Crippen LogP contribution < -0.4 is 5.32 Å². The SMILES string of the molecule is Cc1cc(-c2cnn3c2C(=O)NCC3C)ccn1. The van der Waals surface area contributed by atoms with Gasteiger partial charge in [0.25, 0.3) is 5.91 Å². The lowest BCUT2D eigenvalue weighted by molar-refractivity contribution is 0.0913. The van der Waals surface area contributed by atoms with Crippen LogP contribution in [-0.2, 0) is 0 Å². The van der Waals surface area contributed by atoms with Crippen molar-refractivity contribution in [1.29, 1.82) is 0 Å². The maximum absolute atomic E-state index is 12.0. The number of pyridine rings is 1. The number of amides is 1. The normalized spacial score (nSPS) is 18.3. The predicted molar refractivity (Wildman–Crippen MR) is 67.2 cm³/mol. The Hall–Kier alpha value is -2.17. The first-order valence-electron chi connectivity index (χ1n) is 5.95. The number of carbonyl (C=O) groups is 1. The van der Waals surface area contributed by atoms with Gasteiger partial charge in [0.15, 0.2) is 0 Å². The number of hydrogen-bond donors (Lipinski definition) is 1. The first-order valence-corrected chi connectivity index (χ1v) is 5.95. The summed E-state index contributed by atoms with van der Waals surface area (Å²) in [5.74, 6) is -0.0601. The number of nitrogens with one attached hydrogen (secondary N) is 1. The Labute approximate surface area is 105 Å². The van der Waals surface area contributed by atoms with E-state index in [0.29, 0.717) is 12.2 Å². The Bertz CT molecular complexity index is 617. The molecule has 3 rings (SSSR count). The summed E-state index contributed by atoms with van der Waals surface area (Å²) in [5.41, 5.74) is 3.41. The largest absolute Gasteiger partial charge is 0.349 e. The van der Waals surface area contributed by atoms with Gasteiger partial charge >= 0.3 is 0 Å². The molecule has 1 amide bonds. The van der Waals surface area contributed by atoms with E-state index in [1.165, 1.54) is 0 Å². The molecule has 0 aromatic carbocycles. The molecule has 5 heteroatoms. The Kier molecular flexibility index (Phi) is 2.40. The Morgan fingerprint density at radius 1 is 1.50 bits per heavy atom. The van der Waals surface area contributed by atoms with E-state index in [-0.39, 0.29) is 11.9 Å². The molecule has 0 spiro atoms. The standard InChI is InChI=1S/C13H14N4O/c1-8-5-10(3-4-14-8)11-7-16-17-9(2)6-15-13(18)12(11)17/h3-5,7,9H,6H2,1-2H3,(H,15,18). The molecule has 1 aliphatic rings. The van der Waals surface area contributed by atoms with Crippen molar-refractivity contribution in [2.75, 3.05) is 6.54 Å². The topological polar surface area (TPSA) is 59.8 Å². The summed E-state index contributed by atoms with van der Waals surface area (Å²) in [6, 6.07) is 4.05. The highest BCUT2D eigenvalue weighted by Crippen LogP contribution is 2.27. The van der Waals surface area contributed by atoms with Gasteiger partial charge in [-0.25, -0.2) is 0 Å². The van der Waals surface area contributed by atoms with Gasteiger partial charge in [0, 0.05) is 24.0 Å². The molecule has 0 saturated heterocycles. The van der Waals surface area contributed by atoms with E-state index in [1.807, 2.05) is 26.0 Å². The lowest BCUT2D eigenvalue weighted by Crippen LogP contribution is -2.38. The maximum Gasteiger partial charge on any atom is 0.270 e. The zero-order valence-electron chi connectivity index (χ0n) is 10.3. The van der Waals surface area contributed by atoms with Crippen LogP contribution in [0.3, 0.4) is 0 Å². The molecule has 0 aliphatic carbocycles. The van der Waals surface area contributed by atoms with Crippen LogP contribution in [0, 0.1) is 6.92 Å². The molecule has 1 N–H and O–H groups in total. The van der Waals surface area contributed by atoms with Crippen molar-refractivity contribution in [3.8, 4) is 11.1 Å². The van der Waals surface area contributed by atoms with E-state index in [1.54, 1.807) is 17.1 Å². The minimum atomic E-state index is -0.0601. The predicted octanol–water partition coefficient (Wildman–Crippen LogP) is 1.56. The first kappa shape index (κ1) is 11.0. The fourth-order valence-corrected chi connectivity index (χ4v) is 2.26. The van der Waals surface area contributed by atoms with E-state index in [2.05, 4.69) is 15.4 Å². The highest BCUT2D eigenvalue weighted by atomic mass is 16.2. The molecule has 2 aromatic rings. The second kappa shape index (κ2) is 3.94. The number of aromatic nitrogens is 3. The van der Waals surface area contributed by atoms with Crippen molar-refractivity contribution in [3.05, 3.63) is 35.9 Å². The van der Waals surface area contributed by atoms with Gasteiger partial charge in [-0.1, -0.05) is 0 Å². The molecule has 92 valence electrons. The van der Waals surface area contributed by atoms with Crippen LogP contribution in [0.2, 0.25) is 0 Å². The smallest absolute Gasteiger partial charge is 0.270 e. The molecule has 1 aliphatic heterocycles. The Morgan fingerprint density at radius 3 is 3.11 bits per heavy atom. The summed E-state index contributed by atoms with van der Waals surface area (Å²) < 4.78 is 1.80. The van der Waals surface area contributed by atoms with Gasteiger partial charge in [-0.2, -0.15) is 5.10 Å². The molecule has 5 nitrogen and oxygen atoms in total. The molecular formula is C13H14N4O. The number of nitrogens with zero attached hydrogens (tertiary/aromatic N) is 3. The van der Waals surface area contributed by atoms with Gasteiger partial charge in [0.2, 0.25) is 0 Å². The molecular weight excluding hydrogens is 228 g/mol. The van der Waals surface area contributed by atoms with Crippen molar-refractivity contribution < 1.29 is 4.79 Å². The van der Waals surface area contributed by atoms with E-state index < -0.39 is 0 Å². The average Bonchev–Trinajstić information content (AvgIpc) is 2.80. The third-order valence-corrected chi connectivity index (χ3v) is 3.19. The lowest BCUT2D eigenvalue weighted by atomic mass is 10.1. The van der Waals surface area contributed by atoms with E-state index >= 15 is 0 Å². The Morgan fingerprint density at radius 2 is 2.33 bits per heavy atom. The van der Waals surface area contributed by atoms with Crippen LogP contribution in [-0.4, -0.2) is 27.2 Å². The van der Waals surface area contributed by atoms with E-state index in [9.17, 15) is 4.79 Å². The number of hydrogen-bond acceptors (Lipinski definition) is 3. The number of aryl methyl sites for hydroxylation is 1. The zero-order chi connectivity index (χ0) is 12.7. The molecule has 0 saturated carbocycles. The van der Waals surface area contributed by atoms with Crippen LogP contribution in [0.4, 0.5) is 0 Å². The van der Waals surface area contributed by atoms with Gasteiger partial charge < -0.3 is 5.32 Å². The molecule has 3 heterocycles. The molecule has 18 heavy (non-hydrogen) atoms. The molecule has 0 fully saturated rings. The van der Waals surface area contributed by atoms with E-state index in [4.69, 9.17) is 0 Å². The minimum absolute atomic E-state index is 0.0601. The quantitative estimate of drug-likeness (QED) is 0.825. The van der Waals surface area contributed by atoms with Crippen molar-refractivity contribution >= 4 is 5.91 Å². The van der Waals surface area contributed by atoms with Gasteiger partial charge in [0.05, 0.1) is 12.2 Å². The van der Waals surface area contributed by atoms with Crippen LogP contribution in [0.25, 0.3) is 11.1 Å². The fraction of sp³-hybridized carbons (Fsp3) is 0.308. The monoisotopic (exact) mass is 242 g/mol. The number of rotatable bonds is 1. The highest BCUT2D eigenvalue weighted by Gasteiger charge is 2.26. The maximum atomic E-state index is 12.0. The van der Waals surface area contributed by atoms with Crippen LogP contribution in [0.15, 0.2) is 24.5 Å². The van der Waals surface area contributed by atoms with Gasteiger partial charge in [-0.3, -0.25) is 14.5 Å². The fourth-order valence-electron chi connectivity index (χ4n) is 2.26. The van der Waals surface area contributed by atoms with Crippen molar-refractivity contribution in [2.45, 2.75) is 19.9 Å². The minimum Gasteiger partial charge on any atom is -0.349 e. The lowest BCUT2D eigenvalue weighted by Gasteiger charge is -2.22. The summed E-state index contributed by atoms with van der Waals surface area (Å²) in [4.78, 5) is 16.2. The summed E-state index contributed by atoms with van der Waals surface area (Å²) >= 11 is 0. The van der Waals surface area contributed by atoms with Crippen molar-refractivity contribution in [2.24, 2.45) is 0 Å². The molecule has 2 aromatic heterocycles. The average molecular weight is 242 g/mol. The van der Waals surface area contributed by atoms with E-state index in [0.717, 1.165) is 16.8 Å². The van der Waals surface area contributed by atoms with Crippen molar-refractivity contribution in [1.82, 2.24) is 20.1 Å². The first-order chi connectivity index (χ1) is 8.66. The summed E-state index contributed by atoms with van der Waals surface area (Å²) in [7, 11) is 0. The third-order valence-electron chi connectivity index (χ3n) is 3.19. The highest BCUT2D eigenvalue weighted by molar-refractivity contribution is 5.99. The van der Waals surface area contributed by atoms with Crippen molar-refractivity contribution in [3.63, 3.8) is 0 Å². The molecule has 0 bridgehead atoms. The number of carbonyl (C=O) groups excluding carboxylic acids is 1. The molecule has 1 atom stereocenters. The Balaban J connectivity index is 2.17. The van der Waals surface area contributed by atoms with Crippen LogP contribution >= 0.6 is 0 Å². The van der Waals surface area contributed by atoms with Gasteiger partial charge in [0.1, 0.15) is 5.69 Å². The van der Waals surface area contributed by atoms with Crippen LogP contribution in [0.1, 0.15) is 29.1 Å². The summed E-state index contributed by atoms with van der Waals surface area (Å²) in [6.07, 6.45) is 3.50. The number of fused-ring (bicyclic) bond motifs is 1. The summed E-state index contributed by atoms with van der Waals surface area (Å²) in [6.45, 7) is 4.60. The second-order valence-electron chi connectivity index (χ2n) is 4.60. The van der Waals surface area contributed by atoms with Crippen LogP contribution in [0.5, 0.6) is 0 Å². The second-order valence-corrected chi connectivity index (χ2v) is 4.60.